The number of nitrogens with two attached hydrogens (primary N) is 1. The van der Waals surface area contributed by atoms with Crippen LogP contribution in [0.4, 0.5) is 0 Å². The molecule has 3 unspecified atom stereocenters. The average Bonchev–Trinajstić information content (AvgIpc) is 2.71. The summed E-state index contributed by atoms with van der Waals surface area (Å²) < 4.78 is 5.15. The number of nitrogens with one attached hydrogen (secondary N) is 1. The number of ether oxygens (including phenoxy) is 1. The molecule has 0 saturated heterocycles. The highest BCUT2D eigenvalue weighted by Crippen LogP contribution is 2.24. The van der Waals surface area contributed by atoms with Crippen molar-refractivity contribution in [3.8, 4) is 5.75 Å². The maximum absolute atomic E-state index is 12.5. The first kappa shape index (κ1) is 15.8. The van der Waals surface area contributed by atoms with E-state index in [0.717, 1.165) is 37.0 Å². The summed E-state index contributed by atoms with van der Waals surface area (Å²) in [5, 5.41) is 3.10. The molecule has 4 nitrogen and oxygen atoms in total. The molecular weight excluding hydrogens is 264 g/mol. The van der Waals surface area contributed by atoms with Gasteiger partial charge in [-0.1, -0.05) is 31.4 Å². The van der Waals surface area contributed by atoms with E-state index in [1.807, 2.05) is 31.2 Å². The number of carbonyl (C=O) groups excluding carboxylic acids is 1. The van der Waals surface area contributed by atoms with Gasteiger partial charge in [0.25, 0.3) is 0 Å². The third kappa shape index (κ3) is 4.21. The second-order valence-electron chi connectivity index (χ2n) is 5.91. The Hall–Kier alpha value is -1.55. The molecule has 3 N–H and O–H groups in total. The van der Waals surface area contributed by atoms with Gasteiger partial charge in [0.1, 0.15) is 5.75 Å². The van der Waals surface area contributed by atoms with E-state index < -0.39 is 0 Å². The fourth-order valence-electron chi connectivity index (χ4n) is 2.96. The van der Waals surface area contributed by atoms with Crippen molar-refractivity contribution in [2.75, 3.05) is 7.11 Å². The Kier molecular flexibility index (Phi) is 5.62. The van der Waals surface area contributed by atoms with Crippen LogP contribution in [0.1, 0.15) is 50.6 Å². The van der Waals surface area contributed by atoms with Crippen molar-refractivity contribution in [2.24, 2.45) is 11.7 Å². The molecule has 116 valence electrons. The molecule has 3 atom stereocenters. The summed E-state index contributed by atoms with van der Waals surface area (Å²) in [6.07, 6.45) is 5.28. The summed E-state index contributed by atoms with van der Waals surface area (Å²) in [6.45, 7) is 2.00. The highest BCUT2D eigenvalue weighted by atomic mass is 16.5. The largest absolute Gasteiger partial charge is 0.497 e. The molecule has 0 heterocycles. The molecule has 4 heteroatoms. The number of amides is 1. The summed E-state index contributed by atoms with van der Waals surface area (Å²) in [4.78, 5) is 12.5. The molecule has 1 aliphatic carbocycles. The number of hydrogen-bond donors (Lipinski definition) is 2. The van der Waals surface area contributed by atoms with E-state index in [2.05, 4.69) is 5.32 Å². The quantitative estimate of drug-likeness (QED) is 0.838. The van der Waals surface area contributed by atoms with Crippen molar-refractivity contribution in [3.63, 3.8) is 0 Å². The van der Waals surface area contributed by atoms with E-state index in [1.54, 1.807) is 7.11 Å². The van der Waals surface area contributed by atoms with Crippen LogP contribution in [0, 0.1) is 5.92 Å². The lowest BCUT2D eigenvalue weighted by atomic mass is 9.94. The maximum atomic E-state index is 12.5. The maximum Gasteiger partial charge on any atom is 0.225 e. The van der Waals surface area contributed by atoms with Gasteiger partial charge in [-0.15, -0.1) is 0 Å². The second kappa shape index (κ2) is 7.46. The van der Waals surface area contributed by atoms with Gasteiger partial charge in [0.05, 0.1) is 19.1 Å². The predicted molar refractivity (Wildman–Crippen MR) is 84.1 cm³/mol. The zero-order valence-corrected chi connectivity index (χ0v) is 13.0. The van der Waals surface area contributed by atoms with Gasteiger partial charge in [0, 0.05) is 6.04 Å². The van der Waals surface area contributed by atoms with E-state index in [9.17, 15) is 4.79 Å². The first-order chi connectivity index (χ1) is 10.1. The fraction of sp³-hybridized carbons (Fsp3) is 0.588. The Bertz CT molecular complexity index is 458. The molecule has 0 aliphatic heterocycles. The van der Waals surface area contributed by atoms with E-state index in [1.165, 1.54) is 6.42 Å². The van der Waals surface area contributed by atoms with Gasteiger partial charge < -0.3 is 15.8 Å². The van der Waals surface area contributed by atoms with Gasteiger partial charge in [-0.05, 0) is 37.5 Å². The zero-order valence-electron chi connectivity index (χ0n) is 13.0. The van der Waals surface area contributed by atoms with E-state index >= 15 is 0 Å². The van der Waals surface area contributed by atoms with Crippen LogP contribution in [0.25, 0.3) is 0 Å². The summed E-state index contributed by atoms with van der Waals surface area (Å²) in [5.74, 6) is 0.865. The molecule has 1 saturated carbocycles. The second-order valence-corrected chi connectivity index (χ2v) is 5.91. The van der Waals surface area contributed by atoms with Crippen LogP contribution in [0.3, 0.4) is 0 Å². The van der Waals surface area contributed by atoms with E-state index in [-0.39, 0.29) is 23.9 Å². The standard InChI is InChI=1S/C17H26N2O2/c1-12(13-8-10-14(21-2)11-9-13)19-17(20)15-6-4-3-5-7-16(15)18/h8-12,15-16H,3-7,18H2,1-2H3,(H,19,20). The van der Waals surface area contributed by atoms with Crippen molar-refractivity contribution in [3.05, 3.63) is 29.8 Å². The first-order valence-corrected chi connectivity index (χ1v) is 7.81. The molecule has 0 bridgehead atoms. The molecule has 1 amide bonds. The third-order valence-corrected chi connectivity index (χ3v) is 4.38. The topological polar surface area (TPSA) is 64.3 Å². The van der Waals surface area contributed by atoms with Crippen LogP contribution in [0.2, 0.25) is 0 Å². The molecule has 1 fully saturated rings. The zero-order chi connectivity index (χ0) is 15.2. The molecule has 0 spiro atoms. The summed E-state index contributed by atoms with van der Waals surface area (Å²) in [7, 11) is 1.65. The molecule has 1 aromatic carbocycles. The minimum Gasteiger partial charge on any atom is -0.497 e. The number of methoxy groups -OCH3 is 1. The van der Waals surface area contributed by atoms with Crippen molar-refractivity contribution < 1.29 is 9.53 Å². The summed E-state index contributed by atoms with van der Waals surface area (Å²) >= 11 is 0. The number of rotatable bonds is 4. The van der Waals surface area contributed by atoms with Crippen LogP contribution in [-0.2, 0) is 4.79 Å². The Morgan fingerprint density at radius 1 is 1.24 bits per heavy atom. The normalized spacial score (nSPS) is 24.0. The Morgan fingerprint density at radius 3 is 2.57 bits per heavy atom. The van der Waals surface area contributed by atoms with Crippen LogP contribution < -0.4 is 15.8 Å². The van der Waals surface area contributed by atoms with Gasteiger partial charge in [0.15, 0.2) is 0 Å². The minimum atomic E-state index is -0.0480. The molecule has 1 aromatic rings. The van der Waals surface area contributed by atoms with Crippen molar-refractivity contribution in [1.29, 1.82) is 0 Å². The average molecular weight is 290 g/mol. The Labute approximate surface area is 127 Å². The fourth-order valence-corrected chi connectivity index (χ4v) is 2.96. The highest BCUT2D eigenvalue weighted by Gasteiger charge is 2.27. The number of benzene rings is 1. The van der Waals surface area contributed by atoms with Crippen molar-refractivity contribution in [2.45, 2.75) is 51.1 Å². The predicted octanol–water partition coefficient (Wildman–Crippen LogP) is 2.78. The molecule has 0 radical (unpaired) electrons. The van der Waals surface area contributed by atoms with Gasteiger partial charge in [0.2, 0.25) is 5.91 Å². The first-order valence-electron chi connectivity index (χ1n) is 7.81. The Balaban J connectivity index is 1.96. The Morgan fingerprint density at radius 2 is 1.90 bits per heavy atom. The molecule has 0 aromatic heterocycles. The van der Waals surface area contributed by atoms with Crippen LogP contribution >= 0.6 is 0 Å². The van der Waals surface area contributed by atoms with E-state index in [0.29, 0.717) is 0 Å². The van der Waals surface area contributed by atoms with Gasteiger partial charge >= 0.3 is 0 Å². The lowest BCUT2D eigenvalue weighted by Crippen LogP contribution is -2.42. The SMILES string of the molecule is COc1ccc(C(C)NC(=O)C2CCCCCC2N)cc1. The van der Waals surface area contributed by atoms with Gasteiger partial charge in [-0.25, -0.2) is 0 Å². The highest BCUT2D eigenvalue weighted by molar-refractivity contribution is 5.79. The molecule has 2 rings (SSSR count). The van der Waals surface area contributed by atoms with E-state index in [4.69, 9.17) is 10.5 Å². The lowest BCUT2D eigenvalue weighted by Gasteiger charge is -2.23. The lowest BCUT2D eigenvalue weighted by molar-refractivity contribution is -0.126. The van der Waals surface area contributed by atoms with Crippen molar-refractivity contribution >= 4 is 5.91 Å². The van der Waals surface area contributed by atoms with Crippen LogP contribution in [0.15, 0.2) is 24.3 Å². The van der Waals surface area contributed by atoms with Gasteiger partial charge in [-0.2, -0.15) is 0 Å². The molecular formula is C17H26N2O2. The number of carbonyl (C=O) groups is 1. The number of hydrogen-bond acceptors (Lipinski definition) is 3. The van der Waals surface area contributed by atoms with Crippen LogP contribution in [0.5, 0.6) is 5.75 Å². The minimum absolute atomic E-state index is 0.00410. The summed E-state index contributed by atoms with van der Waals surface area (Å²) in [6, 6.07) is 7.77. The third-order valence-electron chi connectivity index (χ3n) is 4.38. The van der Waals surface area contributed by atoms with Gasteiger partial charge in [-0.3, -0.25) is 4.79 Å². The van der Waals surface area contributed by atoms with Crippen LogP contribution in [-0.4, -0.2) is 19.1 Å². The molecule has 1 aliphatic rings. The smallest absolute Gasteiger partial charge is 0.225 e. The summed E-state index contributed by atoms with van der Waals surface area (Å²) in [5.41, 5.74) is 7.23. The van der Waals surface area contributed by atoms with Crippen molar-refractivity contribution in [1.82, 2.24) is 5.32 Å². The monoisotopic (exact) mass is 290 g/mol. The molecule has 21 heavy (non-hydrogen) atoms.